The zero-order chi connectivity index (χ0) is 13.7. The molecule has 0 bridgehead atoms. The van der Waals surface area contributed by atoms with Gasteiger partial charge in [0.05, 0.1) is 11.7 Å². The lowest BCUT2D eigenvalue weighted by molar-refractivity contribution is 0.518. The second-order valence-electron chi connectivity index (χ2n) is 4.27. The van der Waals surface area contributed by atoms with Crippen LogP contribution in [-0.2, 0) is 6.42 Å². The van der Waals surface area contributed by atoms with Gasteiger partial charge in [-0.3, -0.25) is 4.98 Å². The maximum absolute atomic E-state index is 4.52. The van der Waals surface area contributed by atoms with Gasteiger partial charge in [0.1, 0.15) is 0 Å². The molecule has 102 valence electrons. The lowest BCUT2D eigenvalue weighted by Gasteiger charge is -2.18. The van der Waals surface area contributed by atoms with Crippen LogP contribution in [0.15, 0.2) is 38.7 Å². The molecule has 0 aliphatic rings. The lowest BCUT2D eigenvalue weighted by atomic mass is 10.1. The molecule has 2 rings (SSSR count). The molecule has 0 radical (unpaired) electrons. The van der Waals surface area contributed by atoms with E-state index in [4.69, 9.17) is 0 Å². The predicted octanol–water partition coefficient (Wildman–Crippen LogP) is 4.95. The number of nitrogens with one attached hydrogen (secondary N) is 1. The molecule has 0 fully saturated rings. The summed E-state index contributed by atoms with van der Waals surface area (Å²) in [5.41, 5.74) is 1.08. The fourth-order valence-corrected chi connectivity index (χ4v) is 3.99. The minimum atomic E-state index is 0.241. The van der Waals surface area contributed by atoms with E-state index in [1.165, 1.54) is 9.35 Å². The molecule has 0 saturated heterocycles. The SMILES string of the molecule is CCCNC(Cc1sccc1Br)c1ncccc1Br. The van der Waals surface area contributed by atoms with Crippen LogP contribution in [0.1, 0.15) is 30.0 Å². The second-order valence-corrected chi connectivity index (χ2v) is 6.98. The third-order valence-corrected chi connectivity index (χ3v) is 5.46. The van der Waals surface area contributed by atoms with Gasteiger partial charge in [0.25, 0.3) is 0 Å². The van der Waals surface area contributed by atoms with E-state index in [0.717, 1.165) is 29.6 Å². The van der Waals surface area contributed by atoms with E-state index in [9.17, 15) is 0 Å². The van der Waals surface area contributed by atoms with Crippen molar-refractivity contribution in [2.24, 2.45) is 0 Å². The van der Waals surface area contributed by atoms with Gasteiger partial charge in [0.15, 0.2) is 0 Å². The second kappa shape index (κ2) is 7.53. The molecule has 5 heteroatoms. The standard InChI is InChI=1S/C14H16Br2N2S/c1-2-6-17-12(9-13-10(15)5-8-19-13)14-11(16)4-3-7-18-14/h3-5,7-8,12,17H,2,6,9H2,1H3. The van der Waals surface area contributed by atoms with Crippen molar-refractivity contribution in [2.75, 3.05) is 6.54 Å². The lowest BCUT2D eigenvalue weighted by Crippen LogP contribution is -2.25. The van der Waals surface area contributed by atoms with Crippen molar-refractivity contribution < 1.29 is 0 Å². The van der Waals surface area contributed by atoms with Gasteiger partial charge < -0.3 is 5.32 Å². The molecular formula is C14H16Br2N2S. The third-order valence-electron chi connectivity index (χ3n) is 2.84. The van der Waals surface area contributed by atoms with E-state index in [0.29, 0.717) is 0 Å². The summed E-state index contributed by atoms with van der Waals surface area (Å²) in [6, 6.07) is 6.34. The number of rotatable bonds is 6. The summed E-state index contributed by atoms with van der Waals surface area (Å²) < 4.78 is 2.25. The van der Waals surface area contributed by atoms with Crippen molar-refractivity contribution in [3.63, 3.8) is 0 Å². The number of hydrogen-bond donors (Lipinski definition) is 1. The zero-order valence-corrected chi connectivity index (χ0v) is 14.7. The highest BCUT2D eigenvalue weighted by molar-refractivity contribution is 9.10. The first-order valence-corrected chi connectivity index (χ1v) is 8.74. The topological polar surface area (TPSA) is 24.9 Å². The number of thiophene rings is 1. The van der Waals surface area contributed by atoms with Crippen molar-refractivity contribution in [1.29, 1.82) is 0 Å². The fourth-order valence-electron chi connectivity index (χ4n) is 1.89. The van der Waals surface area contributed by atoms with Gasteiger partial charge in [-0.25, -0.2) is 0 Å². The fraction of sp³-hybridized carbons (Fsp3) is 0.357. The van der Waals surface area contributed by atoms with Gasteiger partial charge >= 0.3 is 0 Å². The number of nitrogens with zero attached hydrogens (tertiary/aromatic N) is 1. The Bertz CT molecular complexity index is 528. The van der Waals surface area contributed by atoms with Gasteiger partial charge in [-0.15, -0.1) is 11.3 Å². The van der Waals surface area contributed by atoms with E-state index in [1.54, 1.807) is 11.3 Å². The number of hydrogen-bond acceptors (Lipinski definition) is 3. The summed E-state index contributed by atoms with van der Waals surface area (Å²) in [5.74, 6) is 0. The summed E-state index contributed by atoms with van der Waals surface area (Å²) in [5, 5.41) is 5.70. The summed E-state index contributed by atoms with van der Waals surface area (Å²) in [4.78, 5) is 5.87. The highest BCUT2D eigenvalue weighted by Gasteiger charge is 2.17. The highest BCUT2D eigenvalue weighted by Crippen LogP contribution is 2.30. The predicted molar refractivity (Wildman–Crippen MR) is 88.7 cm³/mol. The van der Waals surface area contributed by atoms with Crippen LogP contribution in [0.5, 0.6) is 0 Å². The smallest absolute Gasteiger partial charge is 0.0718 e. The third kappa shape index (κ3) is 4.12. The van der Waals surface area contributed by atoms with Crippen molar-refractivity contribution in [3.8, 4) is 0 Å². The Morgan fingerprint density at radius 3 is 2.79 bits per heavy atom. The van der Waals surface area contributed by atoms with Crippen LogP contribution in [0.3, 0.4) is 0 Å². The van der Waals surface area contributed by atoms with Crippen LogP contribution < -0.4 is 5.32 Å². The largest absolute Gasteiger partial charge is 0.308 e. The molecule has 2 heterocycles. The minimum Gasteiger partial charge on any atom is -0.308 e. The zero-order valence-electron chi connectivity index (χ0n) is 10.7. The molecule has 19 heavy (non-hydrogen) atoms. The molecule has 2 aromatic heterocycles. The summed E-state index contributed by atoms with van der Waals surface area (Å²) in [7, 11) is 0. The Balaban J connectivity index is 2.21. The average Bonchev–Trinajstić information content (AvgIpc) is 2.81. The molecule has 0 aliphatic carbocycles. The quantitative estimate of drug-likeness (QED) is 0.737. The van der Waals surface area contributed by atoms with Gasteiger partial charge in [0.2, 0.25) is 0 Å². The number of pyridine rings is 1. The first-order chi connectivity index (χ1) is 9.22. The first kappa shape index (κ1) is 15.2. The summed E-state index contributed by atoms with van der Waals surface area (Å²) in [6.07, 6.45) is 3.92. The Morgan fingerprint density at radius 2 is 2.16 bits per heavy atom. The van der Waals surface area contributed by atoms with E-state index in [-0.39, 0.29) is 6.04 Å². The molecular weight excluding hydrogens is 388 g/mol. The number of aromatic nitrogens is 1. The van der Waals surface area contributed by atoms with Gasteiger partial charge in [-0.2, -0.15) is 0 Å². The van der Waals surface area contributed by atoms with Crippen molar-refractivity contribution in [3.05, 3.63) is 49.3 Å². The minimum absolute atomic E-state index is 0.241. The molecule has 0 aliphatic heterocycles. The van der Waals surface area contributed by atoms with Gasteiger partial charge in [-0.05, 0) is 68.4 Å². The van der Waals surface area contributed by atoms with Crippen LogP contribution >= 0.6 is 43.2 Å². The average molecular weight is 404 g/mol. The Kier molecular flexibility index (Phi) is 6.01. The molecule has 2 nitrogen and oxygen atoms in total. The van der Waals surface area contributed by atoms with Crippen molar-refractivity contribution in [1.82, 2.24) is 10.3 Å². The van der Waals surface area contributed by atoms with Crippen LogP contribution in [0, 0.1) is 0 Å². The van der Waals surface area contributed by atoms with Crippen LogP contribution in [0.25, 0.3) is 0 Å². The Labute approximate surface area is 134 Å². The summed E-state index contributed by atoms with van der Waals surface area (Å²) >= 11 is 8.99. The molecule has 0 saturated carbocycles. The normalized spacial score (nSPS) is 12.6. The van der Waals surface area contributed by atoms with Gasteiger partial charge in [0, 0.05) is 26.4 Å². The molecule has 0 aromatic carbocycles. The van der Waals surface area contributed by atoms with Crippen LogP contribution in [-0.4, -0.2) is 11.5 Å². The maximum atomic E-state index is 4.52. The molecule has 1 unspecified atom stereocenters. The van der Waals surface area contributed by atoms with Crippen molar-refractivity contribution in [2.45, 2.75) is 25.8 Å². The monoisotopic (exact) mass is 402 g/mol. The molecule has 0 spiro atoms. The highest BCUT2D eigenvalue weighted by atomic mass is 79.9. The molecule has 2 aromatic rings. The van der Waals surface area contributed by atoms with E-state index < -0.39 is 0 Å². The van der Waals surface area contributed by atoms with E-state index in [1.807, 2.05) is 18.3 Å². The van der Waals surface area contributed by atoms with E-state index >= 15 is 0 Å². The number of halogens is 2. The Morgan fingerprint density at radius 1 is 1.32 bits per heavy atom. The van der Waals surface area contributed by atoms with Gasteiger partial charge in [-0.1, -0.05) is 6.92 Å². The van der Waals surface area contributed by atoms with Crippen LogP contribution in [0.4, 0.5) is 0 Å². The van der Waals surface area contributed by atoms with Crippen molar-refractivity contribution >= 4 is 43.2 Å². The maximum Gasteiger partial charge on any atom is 0.0718 e. The Hall–Kier alpha value is -0.230. The summed E-state index contributed by atoms with van der Waals surface area (Å²) in [6.45, 7) is 3.18. The van der Waals surface area contributed by atoms with E-state index in [2.05, 4.69) is 60.5 Å². The molecule has 1 atom stereocenters. The van der Waals surface area contributed by atoms with Crippen LogP contribution in [0.2, 0.25) is 0 Å². The first-order valence-electron chi connectivity index (χ1n) is 6.28. The molecule has 1 N–H and O–H groups in total. The molecule has 0 amide bonds.